The number of ether oxygens (including phenoxy) is 1. The zero-order chi connectivity index (χ0) is 11.3. The van der Waals surface area contributed by atoms with Crippen molar-refractivity contribution >= 4 is 5.97 Å². The van der Waals surface area contributed by atoms with Crippen LogP contribution < -0.4 is 0 Å². The standard InChI is InChI=1S/C13H16O2/c1-10(2)9-11(3)15-13(14)12-7-5-4-6-8-12/h4-8,11H,1,9H2,2-3H3. The largest absolute Gasteiger partial charge is 0.459 e. The highest BCUT2D eigenvalue weighted by Gasteiger charge is 2.10. The maximum absolute atomic E-state index is 11.6. The van der Waals surface area contributed by atoms with Crippen LogP contribution in [0.1, 0.15) is 30.6 Å². The Morgan fingerprint density at radius 3 is 2.53 bits per heavy atom. The van der Waals surface area contributed by atoms with Gasteiger partial charge in [0.25, 0.3) is 0 Å². The molecule has 1 aromatic carbocycles. The second-order valence-electron chi connectivity index (χ2n) is 3.74. The van der Waals surface area contributed by atoms with Crippen LogP contribution in [0.4, 0.5) is 0 Å². The summed E-state index contributed by atoms with van der Waals surface area (Å²) in [7, 11) is 0. The summed E-state index contributed by atoms with van der Waals surface area (Å²) in [6.07, 6.45) is 0.591. The molecule has 0 amide bonds. The van der Waals surface area contributed by atoms with Crippen LogP contribution in [-0.4, -0.2) is 12.1 Å². The number of esters is 1. The Kier molecular flexibility index (Phi) is 4.10. The summed E-state index contributed by atoms with van der Waals surface area (Å²) < 4.78 is 5.25. The van der Waals surface area contributed by atoms with Crippen LogP contribution in [0.5, 0.6) is 0 Å². The summed E-state index contributed by atoms with van der Waals surface area (Å²) >= 11 is 0. The van der Waals surface area contributed by atoms with Crippen LogP contribution in [0.3, 0.4) is 0 Å². The van der Waals surface area contributed by atoms with Gasteiger partial charge < -0.3 is 4.74 Å². The van der Waals surface area contributed by atoms with E-state index in [0.717, 1.165) is 5.57 Å². The van der Waals surface area contributed by atoms with Gasteiger partial charge in [0.05, 0.1) is 5.56 Å². The second kappa shape index (κ2) is 5.35. The van der Waals surface area contributed by atoms with Crippen LogP contribution in [0.15, 0.2) is 42.5 Å². The first kappa shape index (κ1) is 11.5. The van der Waals surface area contributed by atoms with E-state index in [-0.39, 0.29) is 12.1 Å². The average molecular weight is 204 g/mol. The molecule has 0 aromatic heterocycles. The van der Waals surface area contributed by atoms with Crippen molar-refractivity contribution in [3.63, 3.8) is 0 Å². The van der Waals surface area contributed by atoms with Crippen LogP contribution in [0.25, 0.3) is 0 Å². The molecule has 0 saturated heterocycles. The first-order valence-electron chi connectivity index (χ1n) is 5.00. The van der Waals surface area contributed by atoms with E-state index in [1.807, 2.05) is 32.0 Å². The summed E-state index contributed by atoms with van der Waals surface area (Å²) in [6, 6.07) is 9.00. The summed E-state index contributed by atoms with van der Waals surface area (Å²) in [4.78, 5) is 11.6. The Morgan fingerprint density at radius 1 is 1.40 bits per heavy atom. The third kappa shape index (κ3) is 3.98. The van der Waals surface area contributed by atoms with E-state index in [2.05, 4.69) is 6.58 Å². The maximum Gasteiger partial charge on any atom is 0.338 e. The van der Waals surface area contributed by atoms with Crippen molar-refractivity contribution < 1.29 is 9.53 Å². The predicted octanol–water partition coefficient (Wildman–Crippen LogP) is 3.20. The second-order valence-corrected chi connectivity index (χ2v) is 3.74. The van der Waals surface area contributed by atoms with Crippen LogP contribution >= 0.6 is 0 Å². The minimum Gasteiger partial charge on any atom is -0.459 e. The average Bonchev–Trinajstić information content (AvgIpc) is 2.17. The highest BCUT2D eigenvalue weighted by molar-refractivity contribution is 5.89. The van der Waals surface area contributed by atoms with Crippen molar-refractivity contribution in [2.45, 2.75) is 26.4 Å². The molecule has 0 radical (unpaired) electrons. The fourth-order valence-electron chi connectivity index (χ4n) is 1.36. The lowest BCUT2D eigenvalue weighted by atomic mass is 10.1. The number of carbonyl (C=O) groups is 1. The van der Waals surface area contributed by atoms with E-state index in [1.165, 1.54) is 0 Å². The lowest BCUT2D eigenvalue weighted by molar-refractivity contribution is 0.0343. The Bertz CT molecular complexity index is 341. The molecule has 2 heteroatoms. The van der Waals surface area contributed by atoms with Gasteiger partial charge in [0.1, 0.15) is 6.10 Å². The number of hydrogen-bond donors (Lipinski definition) is 0. The minimum atomic E-state index is -0.274. The third-order valence-electron chi connectivity index (χ3n) is 1.95. The van der Waals surface area contributed by atoms with E-state index < -0.39 is 0 Å². The molecule has 1 aromatic rings. The minimum absolute atomic E-state index is 0.116. The molecule has 0 saturated carbocycles. The molecule has 1 atom stereocenters. The van der Waals surface area contributed by atoms with Gasteiger partial charge in [0, 0.05) is 6.42 Å². The Balaban J connectivity index is 2.53. The van der Waals surface area contributed by atoms with Gasteiger partial charge in [-0.25, -0.2) is 4.79 Å². The Hall–Kier alpha value is -1.57. The number of carbonyl (C=O) groups excluding carboxylic acids is 1. The zero-order valence-corrected chi connectivity index (χ0v) is 9.19. The summed E-state index contributed by atoms with van der Waals surface area (Å²) in [5.74, 6) is -0.274. The quantitative estimate of drug-likeness (QED) is 0.556. The third-order valence-corrected chi connectivity index (χ3v) is 1.95. The Labute approximate surface area is 90.6 Å². The maximum atomic E-state index is 11.6. The van der Waals surface area contributed by atoms with Crippen molar-refractivity contribution in [1.29, 1.82) is 0 Å². The van der Waals surface area contributed by atoms with E-state index in [1.54, 1.807) is 12.1 Å². The highest BCUT2D eigenvalue weighted by Crippen LogP contribution is 2.09. The molecule has 1 rings (SSSR count). The summed E-state index contributed by atoms with van der Waals surface area (Å²) in [5, 5.41) is 0. The lowest BCUT2D eigenvalue weighted by Gasteiger charge is -2.12. The molecule has 0 spiro atoms. The molecule has 0 heterocycles. The molecule has 1 unspecified atom stereocenters. The van der Waals surface area contributed by atoms with Crippen molar-refractivity contribution in [3.05, 3.63) is 48.0 Å². The predicted molar refractivity (Wildman–Crippen MR) is 60.8 cm³/mol. The molecule has 80 valence electrons. The normalized spacial score (nSPS) is 11.9. The molecule has 0 aliphatic carbocycles. The molecule has 0 fully saturated rings. The first-order chi connectivity index (χ1) is 7.09. The van der Waals surface area contributed by atoms with Crippen LogP contribution in [0, 0.1) is 0 Å². The topological polar surface area (TPSA) is 26.3 Å². The van der Waals surface area contributed by atoms with Gasteiger partial charge in [0.2, 0.25) is 0 Å². The lowest BCUT2D eigenvalue weighted by Crippen LogP contribution is -2.15. The number of hydrogen-bond acceptors (Lipinski definition) is 2. The van der Waals surface area contributed by atoms with Gasteiger partial charge in [-0.2, -0.15) is 0 Å². The van der Waals surface area contributed by atoms with Gasteiger partial charge in [-0.1, -0.05) is 23.8 Å². The molecule has 0 N–H and O–H groups in total. The molecule has 0 bridgehead atoms. The number of benzene rings is 1. The fraction of sp³-hybridized carbons (Fsp3) is 0.308. The van der Waals surface area contributed by atoms with Gasteiger partial charge >= 0.3 is 5.97 Å². The Morgan fingerprint density at radius 2 is 2.00 bits per heavy atom. The summed E-state index contributed by atoms with van der Waals surface area (Å²) in [6.45, 7) is 7.58. The fourth-order valence-corrected chi connectivity index (χ4v) is 1.36. The van der Waals surface area contributed by atoms with Crippen LogP contribution in [-0.2, 0) is 4.74 Å². The molecule has 2 nitrogen and oxygen atoms in total. The SMILES string of the molecule is C=C(C)CC(C)OC(=O)c1ccccc1. The molecule has 0 aliphatic rings. The molecular weight excluding hydrogens is 188 g/mol. The van der Waals surface area contributed by atoms with E-state index in [0.29, 0.717) is 12.0 Å². The zero-order valence-electron chi connectivity index (χ0n) is 9.19. The van der Waals surface area contributed by atoms with Crippen molar-refractivity contribution in [2.24, 2.45) is 0 Å². The smallest absolute Gasteiger partial charge is 0.338 e. The van der Waals surface area contributed by atoms with Crippen molar-refractivity contribution in [3.8, 4) is 0 Å². The highest BCUT2D eigenvalue weighted by atomic mass is 16.5. The van der Waals surface area contributed by atoms with Gasteiger partial charge in [-0.3, -0.25) is 0 Å². The monoisotopic (exact) mass is 204 g/mol. The van der Waals surface area contributed by atoms with Gasteiger partial charge in [0.15, 0.2) is 0 Å². The van der Waals surface area contributed by atoms with Gasteiger partial charge in [-0.05, 0) is 26.0 Å². The van der Waals surface area contributed by atoms with E-state index in [4.69, 9.17) is 4.74 Å². The van der Waals surface area contributed by atoms with E-state index >= 15 is 0 Å². The number of rotatable bonds is 4. The molecular formula is C13H16O2. The summed E-state index contributed by atoms with van der Waals surface area (Å²) in [5.41, 5.74) is 1.61. The van der Waals surface area contributed by atoms with Crippen LogP contribution in [0.2, 0.25) is 0 Å². The van der Waals surface area contributed by atoms with Gasteiger partial charge in [-0.15, -0.1) is 6.58 Å². The van der Waals surface area contributed by atoms with E-state index in [9.17, 15) is 4.79 Å². The van der Waals surface area contributed by atoms with Crippen molar-refractivity contribution in [2.75, 3.05) is 0 Å². The molecule has 15 heavy (non-hydrogen) atoms. The first-order valence-corrected chi connectivity index (χ1v) is 5.00. The molecule has 0 aliphatic heterocycles. The van der Waals surface area contributed by atoms with Crippen molar-refractivity contribution in [1.82, 2.24) is 0 Å².